The molecule has 0 aliphatic carbocycles. The maximum Gasteiger partial charge on any atom is 0.270 e. The standard InChI is InChI=1S/C22H29N5O4S/c1-16-6-5-7-17(2)26(16)32(30,31)22-14-20(27(28)29)12-13-21(22)24-23-15-18-8-10-19(11-9-18)25(3)4/h8-17,24H,5-7H2,1-4H3/b23-15-/t16-,17-/m0/s1. The van der Waals surface area contributed by atoms with Crippen LogP contribution in [0.25, 0.3) is 0 Å². The number of piperidine rings is 1. The predicted octanol–water partition coefficient (Wildman–Crippen LogP) is 4.06. The highest BCUT2D eigenvalue weighted by molar-refractivity contribution is 7.89. The average Bonchev–Trinajstić information content (AvgIpc) is 2.73. The molecule has 2 aromatic carbocycles. The van der Waals surface area contributed by atoms with Crippen molar-refractivity contribution in [3.05, 3.63) is 58.1 Å². The summed E-state index contributed by atoms with van der Waals surface area (Å²) in [6.07, 6.45) is 4.03. The van der Waals surface area contributed by atoms with E-state index in [0.717, 1.165) is 36.6 Å². The van der Waals surface area contributed by atoms with Gasteiger partial charge in [0.05, 0.1) is 16.8 Å². The van der Waals surface area contributed by atoms with Gasteiger partial charge in [-0.2, -0.15) is 9.41 Å². The molecule has 0 spiro atoms. The second kappa shape index (κ2) is 9.66. The number of benzene rings is 2. The summed E-state index contributed by atoms with van der Waals surface area (Å²) in [6.45, 7) is 3.74. The monoisotopic (exact) mass is 459 g/mol. The van der Waals surface area contributed by atoms with Gasteiger partial charge in [0.1, 0.15) is 4.90 Å². The zero-order chi connectivity index (χ0) is 23.5. The summed E-state index contributed by atoms with van der Waals surface area (Å²) in [6, 6.07) is 11.1. The summed E-state index contributed by atoms with van der Waals surface area (Å²) in [7, 11) is -0.0710. The third-order valence-corrected chi connectivity index (χ3v) is 7.82. The minimum Gasteiger partial charge on any atom is -0.378 e. The molecule has 0 unspecified atom stereocenters. The first-order chi connectivity index (χ1) is 15.1. The molecule has 1 heterocycles. The van der Waals surface area contributed by atoms with Crippen LogP contribution in [0.4, 0.5) is 17.1 Å². The molecule has 0 radical (unpaired) electrons. The molecule has 1 aliphatic rings. The largest absolute Gasteiger partial charge is 0.378 e. The summed E-state index contributed by atoms with van der Waals surface area (Å²) in [5.41, 5.74) is 4.56. The summed E-state index contributed by atoms with van der Waals surface area (Å²) in [4.78, 5) is 12.6. The summed E-state index contributed by atoms with van der Waals surface area (Å²) >= 11 is 0. The fourth-order valence-electron chi connectivity index (χ4n) is 3.95. The Morgan fingerprint density at radius 1 is 1.12 bits per heavy atom. The van der Waals surface area contributed by atoms with Crippen LogP contribution in [-0.2, 0) is 10.0 Å². The van der Waals surface area contributed by atoms with Gasteiger partial charge >= 0.3 is 0 Å². The number of nitrogens with zero attached hydrogens (tertiary/aromatic N) is 4. The first kappa shape index (κ1) is 23.7. The van der Waals surface area contributed by atoms with Gasteiger partial charge in [0.25, 0.3) is 5.69 Å². The van der Waals surface area contributed by atoms with Crippen molar-refractivity contribution in [2.75, 3.05) is 24.4 Å². The Morgan fingerprint density at radius 3 is 2.31 bits per heavy atom. The number of anilines is 2. The fraction of sp³-hybridized carbons (Fsp3) is 0.409. The van der Waals surface area contributed by atoms with Crippen molar-refractivity contribution >= 4 is 33.3 Å². The first-order valence-electron chi connectivity index (χ1n) is 10.5. The second-order valence-corrected chi connectivity index (χ2v) is 10.1. The molecular formula is C22H29N5O4S. The highest BCUT2D eigenvalue weighted by atomic mass is 32.2. The van der Waals surface area contributed by atoms with Crippen LogP contribution in [0, 0.1) is 10.1 Å². The van der Waals surface area contributed by atoms with E-state index < -0.39 is 14.9 Å². The molecular weight excluding hydrogens is 430 g/mol. The molecule has 1 N–H and O–H groups in total. The lowest BCUT2D eigenvalue weighted by Crippen LogP contribution is -2.47. The van der Waals surface area contributed by atoms with Gasteiger partial charge in [0.2, 0.25) is 10.0 Å². The minimum absolute atomic E-state index is 0.146. The van der Waals surface area contributed by atoms with Crippen LogP contribution in [0.1, 0.15) is 38.7 Å². The molecule has 172 valence electrons. The number of hydrazone groups is 1. The maximum atomic E-state index is 13.5. The zero-order valence-electron chi connectivity index (χ0n) is 18.7. The van der Waals surface area contributed by atoms with E-state index in [0.29, 0.717) is 0 Å². The van der Waals surface area contributed by atoms with Gasteiger partial charge in [0.15, 0.2) is 0 Å². The number of hydrogen-bond donors (Lipinski definition) is 1. The SMILES string of the molecule is C[C@H]1CCC[C@H](C)N1S(=O)(=O)c1cc([N+](=O)[O-])ccc1N/N=C\c1ccc(N(C)C)cc1. The number of sulfonamides is 1. The molecule has 1 fully saturated rings. The smallest absolute Gasteiger partial charge is 0.270 e. The number of nitro benzene ring substituents is 1. The average molecular weight is 460 g/mol. The van der Waals surface area contributed by atoms with Crippen molar-refractivity contribution in [3.8, 4) is 0 Å². The molecule has 9 nitrogen and oxygen atoms in total. The van der Waals surface area contributed by atoms with Crippen molar-refractivity contribution in [2.24, 2.45) is 5.10 Å². The van der Waals surface area contributed by atoms with Crippen LogP contribution < -0.4 is 10.3 Å². The van der Waals surface area contributed by atoms with Crippen LogP contribution >= 0.6 is 0 Å². The molecule has 0 saturated carbocycles. The Balaban J connectivity index is 1.93. The summed E-state index contributed by atoms with van der Waals surface area (Å²) in [5, 5.41) is 15.5. The number of nitrogens with one attached hydrogen (secondary N) is 1. The zero-order valence-corrected chi connectivity index (χ0v) is 19.5. The third-order valence-electron chi connectivity index (χ3n) is 5.65. The topological polar surface area (TPSA) is 108 Å². The van der Waals surface area contributed by atoms with Crippen molar-refractivity contribution in [1.82, 2.24) is 4.31 Å². The van der Waals surface area contributed by atoms with E-state index in [1.807, 2.05) is 57.1 Å². The van der Waals surface area contributed by atoms with Crippen molar-refractivity contribution < 1.29 is 13.3 Å². The molecule has 0 bridgehead atoms. The van der Waals surface area contributed by atoms with E-state index in [2.05, 4.69) is 10.5 Å². The molecule has 3 rings (SSSR count). The molecule has 32 heavy (non-hydrogen) atoms. The molecule has 2 aromatic rings. The van der Waals surface area contributed by atoms with Crippen LogP contribution in [0.15, 0.2) is 52.5 Å². The molecule has 0 amide bonds. The molecule has 10 heteroatoms. The van der Waals surface area contributed by atoms with E-state index in [9.17, 15) is 18.5 Å². The molecule has 1 saturated heterocycles. The van der Waals surface area contributed by atoms with Gasteiger partial charge in [-0.3, -0.25) is 15.5 Å². The Hall–Kier alpha value is -2.98. The van der Waals surface area contributed by atoms with Gasteiger partial charge in [-0.25, -0.2) is 8.42 Å². The highest BCUT2D eigenvalue weighted by Crippen LogP contribution is 2.34. The van der Waals surface area contributed by atoms with E-state index in [-0.39, 0.29) is 28.4 Å². The van der Waals surface area contributed by atoms with Gasteiger partial charge in [-0.1, -0.05) is 18.6 Å². The number of hydrogen-bond acceptors (Lipinski definition) is 7. The summed E-state index contributed by atoms with van der Waals surface area (Å²) in [5.74, 6) is 0. The van der Waals surface area contributed by atoms with E-state index in [1.54, 1.807) is 6.21 Å². The lowest BCUT2D eigenvalue weighted by atomic mass is 10.0. The van der Waals surface area contributed by atoms with E-state index >= 15 is 0 Å². The van der Waals surface area contributed by atoms with E-state index in [1.165, 1.54) is 16.4 Å². The molecule has 1 aliphatic heterocycles. The Kier molecular flexibility index (Phi) is 7.15. The van der Waals surface area contributed by atoms with Gasteiger partial charge in [-0.15, -0.1) is 0 Å². The van der Waals surface area contributed by atoms with Crippen molar-refractivity contribution in [2.45, 2.75) is 50.1 Å². The second-order valence-electron chi connectivity index (χ2n) is 8.26. The van der Waals surface area contributed by atoms with Gasteiger partial charge in [-0.05, 0) is 50.5 Å². The van der Waals surface area contributed by atoms with Crippen LogP contribution in [-0.4, -0.2) is 50.0 Å². The Morgan fingerprint density at radius 2 is 1.75 bits per heavy atom. The number of non-ortho nitro benzene ring substituents is 1. The Labute approximate surface area is 188 Å². The normalized spacial score (nSPS) is 19.8. The number of rotatable bonds is 7. The molecule has 2 atom stereocenters. The van der Waals surface area contributed by atoms with Crippen LogP contribution in [0.2, 0.25) is 0 Å². The van der Waals surface area contributed by atoms with Crippen molar-refractivity contribution in [3.63, 3.8) is 0 Å². The van der Waals surface area contributed by atoms with Crippen molar-refractivity contribution in [1.29, 1.82) is 0 Å². The minimum atomic E-state index is -3.97. The van der Waals surface area contributed by atoms with Gasteiger partial charge < -0.3 is 4.90 Å². The molecule has 0 aromatic heterocycles. The number of nitro groups is 1. The maximum absolute atomic E-state index is 13.5. The third kappa shape index (κ3) is 5.08. The fourth-order valence-corrected chi connectivity index (χ4v) is 6.00. The van der Waals surface area contributed by atoms with Crippen LogP contribution in [0.5, 0.6) is 0 Å². The lowest BCUT2D eigenvalue weighted by Gasteiger charge is -2.37. The van der Waals surface area contributed by atoms with Gasteiger partial charge in [0, 0.05) is 44.0 Å². The van der Waals surface area contributed by atoms with E-state index in [4.69, 9.17) is 0 Å². The Bertz CT molecular complexity index is 1090. The predicted molar refractivity (Wildman–Crippen MR) is 127 cm³/mol. The first-order valence-corrected chi connectivity index (χ1v) is 11.9. The van der Waals surface area contributed by atoms with Crippen LogP contribution in [0.3, 0.4) is 0 Å². The highest BCUT2D eigenvalue weighted by Gasteiger charge is 2.37. The summed E-state index contributed by atoms with van der Waals surface area (Å²) < 4.78 is 28.6. The lowest BCUT2D eigenvalue weighted by molar-refractivity contribution is -0.385. The quantitative estimate of drug-likeness (QED) is 0.380.